The molecule has 0 spiro atoms. The molecule has 0 radical (unpaired) electrons. The van der Waals surface area contributed by atoms with Gasteiger partial charge in [-0.25, -0.2) is 0 Å². The molecule has 0 saturated carbocycles. The molecule has 47 heavy (non-hydrogen) atoms. The molecule has 0 amide bonds. The van der Waals surface area contributed by atoms with Crippen LogP contribution in [0.2, 0.25) is 10.0 Å². The van der Waals surface area contributed by atoms with Crippen LogP contribution in [0.5, 0.6) is 5.75 Å². The van der Waals surface area contributed by atoms with Gasteiger partial charge in [0.2, 0.25) is 0 Å². The summed E-state index contributed by atoms with van der Waals surface area (Å²) in [5, 5.41) is 16.6. The fraction of sp³-hybridized carbons (Fsp3) is 0.289. The van der Waals surface area contributed by atoms with Crippen molar-refractivity contribution in [1.29, 1.82) is 0 Å². The van der Waals surface area contributed by atoms with Gasteiger partial charge >= 0.3 is 0 Å². The SMILES string of the molecule is CC(C)(C)[S@+]([O-])NC(c1cc(Cl)c(Cl)cc1O)C1CCN(c2cnn(C(c3ccccc3)(c3ccccc3)c3ccccc3)c2)CC1. The van der Waals surface area contributed by atoms with Crippen LogP contribution in [-0.2, 0) is 16.9 Å². The summed E-state index contributed by atoms with van der Waals surface area (Å²) in [6.07, 6.45) is 5.73. The van der Waals surface area contributed by atoms with Crippen LogP contribution in [0.3, 0.4) is 0 Å². The summed E-state index contributed by atoms with van der Waals surface area (Å²) in [6, 6.07) is 34.4. The second-order valence-corrected chi connectivity index (χ2v) is 15.9. The number of phenolic OH excluding ortho intramolecular Hbond substituents is 1. The lowest BCUT2D eigenvalue weighted by Gasteiger charge is -2.38. The summed E-state index contributed by atoms with van der Waals surface area (Å²) >= 11 is 11.3. The van der Waals surface area contributed by atoms with Gasteiger partial charge in [-0.1, -0.05) is 114 Å². The fourth-order valence-corrected chi connectivity index (χ4v) is 7.83. The second kappa shape index (κ2) is 14.0. The molecule has 5 aromatic rings. The Morgan fingerprint density at radius 2 is 1.32 bits per heavy atom. The average Bonchev–Trinajstić information content (AvgIpc) is 3.57. The van der Waals surface area contributed by atoms with Gasteiger partial charge in [0.05, 0.1) is 34.2 Å². The van der Waals surface area contributed by atoms with Gasteiger partial charge in [-0.05, 0) is 62.3 Å². The number of hydrogen-bond donors (Lipinski definition) is 2. The number of rotatable bonds is 9. The zero-order valence-electron chi connectivity index (χ0n) is 26.8. The highest BCUT2D eigenvalue weighted by Crippen LogP contribution is 2.43. The Labute approximate surface area is 290 Å². The first-order chi connectivity index (χ1) is 22.6. The van der Waals surface area contributed by atoms with Gasteiger partial charge in [0.15, 0.2) is 0 Å². The van der Waals surface area contributed by atoms with Gasteiger partial charge in [-0.3, -0.25) is 4.68 Å². The molecule has 6 nitrogen and oxygen atoms in total. The average molecular weight is 688 g/mol. The Balaban J connectivity index is 1.32. The van der Waals surface area contributed by atoms with E-state index in [1.54, 1.807) is 6.07 Å². The van der Waals surface area contributed by atoms with Gasteiger partial charge in [-0.15, -0.1) is 4.72 Å². The summed E-state index contributed by atoms with van der Waals surface area (Å²) in [6.45, 7) is 7.34. The number of anilines is 1. The first kappa shape index (κ1) is 33.4. The van der Waals surface area contributed by atoms with Crippen molar-refractivity contribution < 1.29 is 9.66 Å². The highest BCUT2D eigenvalue weighted by Gasteiger charge is 2.40. The van der Waals surface area contributed by atoms with Crippen molar-refractivity contribution in [1.82, 2.24) is 14.5 Å². The van der Waals surface area contributed by atoms with Gasteiger partial charge in [0.25, 0.3) is 0 Å². The first-order valence-corrected chi connectivity index (χ1v) is 17.8. The van der Waals surface area contributed by atoms with Crippen LogP contribution in [0.4, 0.5) is 5.69 Å². The quantitative estimate of drug-likeness (QED) is 0.120. The molecule has 2 atom stereocenters. The Hall–Kier alpha value is -3.46. The molecule has 4 aromatic carbocycles. The molecular weight excluding hydrogens is 647 g/mol. The minimum Gasteiger partial charge on any atom is -0.598 e. The predicted octanol–water partition coefficient (Wildman–Crippen LogP) is 8.75. The minimum absolute atomic E-state index is 0.0468. The molecule has 1 aromatic heterocycles. The molecule has 2 N–H and O–H groups in total. The number of piperidine rings is 1. The van der Waals surface area contributed by atoms with E-state index in [1.165, 1.54) is 6.07 Å². The number of hydrogen-bond acceptors (Lipinski definition) is 5. The molecule has 1 aliphatic rings. The van der Waals surface area contributed by atoms with E-state index in [1.807, 2.05) is 45.2 Å². The van der Waals surface area contributed by atoms with Crippen LogP contribution in [-0.4, -0.2) is 37.3 Å². The van der Waals surface area contributed by atoms with Crippen molar-refractivity contribution in [2.45, 2.75) is 49.9 Å². The topological polar surface area (TPSA) is 76.4 Å². The van der Waals surface area contributed by atoms with Gasteiger partial charge in [-0.2, -0.15) is 5.10 Å². The standard InChI is InChI=1S/C38H40Cl2N4O2S/c1-37(2,3)47(46)42-36(32-23-33(39)34(40)24-35(32)45)27-19-21-43(22-20-27)31-25-41-44(26-31)38(28-13-7-4-8-14-28,29-15-9-5-10-16-29)30-17-11-6-12-18-30/h4-18,23-27,36,42,45H,19-22H2,1-3H3/t36?,47-/m0/s1. The lowest BCUT2D eigenvalue weighted by atomic mass is 9.77. The van der Waals surface area contributed by atoms with Crippen molar-refractivity contribution in [3.63, 3.8) is 0 Å². The maximum Gasteiger partial charge on any atom is 0.138 e. The highest BCUT2D eigenvalue weighted by molar-refractivity contribution is 7.90. The number of nitrogens with zero attached hydrogens (tertiary/aromatic N) is 3. The van der Waals surface area contributed by atoms with E-state index >= 15 is 0 Å². The molecule has 1 saturated heterocycles. The lowest BCUT2D eigenvalue weighted by Crippen LogP contribution is -2.45. The maximum absolute atomic E-state index is 13.3. The molecule has 1 aliphatic heterocycles. The summed E-state index contributed by atoms with van der Waals surface area (Å²) in [4.78, 5) is 2.36. The number of nitrogens with one attached hydrogen (secondary N) is 1. The third-order valence-electron chi connectivity index (χ3n) is 9.06. The Kier molecular flexibility index (Phi) is 9.93. The zero-order chi connectivity index (χ0) is 33.2. The third-order valence-corrected chi connectivity index (χ3v) is 11.4. The predicted molar refractivity (Wildman–Crippen MR) is 194 cm³/mol. The van der Waals surface area contributed by atoms with E-state index in [2.05, 4.69) is 93.3 Å². The van der Waals surface area contributed by atoms with Crippen LogP contribution < -0.4 is 9.62 Å². The summed E-state index contributed by atoms with van der Waals surface area (Å²) in [7, 11) is 0. The number of halogens is 2. The lowest BCUT2D eigenvalue weighted by molar-refractivity contribution is 0.317. The summed E-state index contributed by atoms with van der Waals surface area (Å²) < 4.78 is 18.3. The summed E-state index contributed by atoms with van der Waals surface area (Å²) in [5.74, 6) is 0.151. The normalized spacial score (nSPS) is 15.8. The number of phenols is 1. The second-order valence-electron chi connectivity index (χ2n) is 13.1. The van der Waals surface area contributed by atoms with Crippen LogP contribution in [0.25, 0.3) is 0 Å². The van der Waals surface area contributed by atoms with Gasteiger partial charge in [0, 0.05) is 36.1 Å². The zero-order valence-corrected chi connectivity index (χ0v) is 29.1. The van der Waals surface area contributed by atoms with E-state index in [9.17, 15) is 9.66 Å². The molecule has 0 bridgehead atoms. The van der Waals surface area contributed by atoms with Crippen molar-refractivity contribution in [2.24, 2.45) is 5.92 Å². The Bertz CT molecular complexity index is 1680. The van der Waals surface area contributed by atoms with E-state index < -0.39 is 21.6 Å². The molecule has 1 unspecified atom stereocenters. The van der Waals surface area contributed by atoms with Gasteiger partial charge < -0.3 is 14.6 Å². The fourth-order valence-electron chi connectivity index (χ4n) is 6.59. The molecule has 6 rings (SSSR count). The largest absolute Gasteiger partial charge is 0.598 e. The monoisotopic (exact) mass is 686 g/mol. The van der Waals surface area contributed by atoms with Crippen molar-refractivity contribution in [3.8, 4) is 5.75 Å². The highest BCUT2D eigenvalue weighted by atomic mass is 35.5. The maximum atomic E-state index is 13.3. The molecule has 244 valence electrons. The molecule has 1 fully saturated rings. The Morgan fingerprint density at radius 3 is 1.81 bits per heavy atom. The smallest absolute Gasteiger partial charge is 0.138 e. The number of aromatic hydroxyl groups is 1. The van der Waals surface area contributed by atoms with Gasteiger partial charge in [0.1, 0.15) is 16.0 Å². The van der Waals surface area contributed by atoms with E-state index in [0.717, 1.165) is 48.3 Å². The minimum atomic E-state index is -1.36. The van der Waals surface area contributed by atoms with Crippen molar-refractivity contribution >= 4 is 40.3 Å². The Morgan fingerprint density at radius 1 is 0.830 bits per heavy atom. The van der Waals surface area contributed by atoms with E-state index in [4.69, 9.17) is 28.3 Å². The van der Waals surface area contributed by atoms with Crippen LogP contribution in [0.15, 0.2) is 116 Å². The van der Waals surface area contributed by atoms with E-state index in [0.29, 0.717) is 10.6 Å². The molecule has 9 heteroatoms. The summed E-state index contributed by atoms with van der Waals surface area (Å²) in [5.41, 5.74) is 4.32. The van der Waals surface area contributed by atoms with Crippen LogP contribution in [0, 0.1) is 5.92 Å². The number of benzene rings is 4. The van der Waals surface area contributed by atoms with Crippen LogP contribution >= 0.6 is 23.2 Å². The molecule has 0 aliphatic carbocycles. The molecule has 2 heterocycles. The molecular formula is C38H40Cl2N4O2S. The van der Waals surface area contributed by atoms with Crippen molar-refractivity contribution in [2.75, 3.05) is 18.0 Å². The van der Waals surface area contributed by atoms with E-state index in [-0.39, 0.29) is 22.7 Å². The number of aromatic nitrogens is 2. The van der Waals surface area contributed by atoms with Crippen molar-refractivity contribution in [3.05, 3.63) is 148 Å². The van der Waals surface area contributed by atoms with Crippen LogP contribution in [0.1, 0.15) is 61.9 Å². The first-order valence-electron chi connectivity index (χ1n) is 15.9. The third kappa shape index (κ3) is 6.78.